The number of carbonyl (C=O) groups is 1. The second kappa shape index (κ2) is 10.8. The average Bonchev–Trinajstić information content (AvgIpc) is 2.83. The number of nitrogens with zero attached hydrogens (tertiary/aromatic N) is 1. The number of methoxy groups -OCH3 is 2. The molecule has 8 heteroatoms. The Morgan fingerprint density at radius 1 is 1.06 bits per heavy atom. The van der Waals surface area contributed by atoms with Gasteiger partial charge in [-0.1, -0.05) is 13.8 Å². The molecule has 2 atom stereocenters. The molecule has 1 N–H and O–H groups in total. The summed E-state index contributed by atoms with van der Waals surface area (Å²) in [6.45, 7) is 8.77. The molecule has 7 nitrogen and oxygen atoms in total. The van der Waals surface area contributed by atoms with E-state index in [1.807, 2.05) is 19.9 Å². The minimum Gasteiger partial charge on any atom is -0.497 e. The van der Waals surface area contributed by atoms with Crippen molar-refractivity contribution in [2.24, 2.45) is 5.92 Å². The maximum Gasteiger partial charge on any atom is 0.243 e. The normalized spacial score (nSPS) is 17.9. The molecular formula is C26H36N2O5S. The Balaban J connectivity index is 1.73. The summed E-state index contributed by atoms with van der Waals surface area (Å²) in [5, 5.41) is 3.12. The molecule has 2 aromatic rings. The van der Waals surface area contributed by atoms with E-state index in [1.165, 1.54) is 11.4 Å². The zero-order valence-electron chi connectivity index (χ0n) is 20.9. The number of hydrogen-bond acceptors (Lipinski definition) is 5. The van der Waals surface area contributed by atoms with Gasteiger partial charge in [0.2, 0.25) is 15.9 Å². The highest BCUT2D eigenvalue weighted by Crippen LogP contribution is 2.32. The third kappa shape index (κ3) is 5.55. The molecule has 0 saturated carbocycles. The first kappa shape index (κ1) is 26.0. The Hall–Kier alpha value is -2.58. The Morgan fingerprint density at radius 2 is 1.74 bits per heavy atom. The second-order valence-corrected chi connectivity index (χ2v) is 11.2. The predicted octanol–water partition coefficient (Wildman–Crippen LogP) is 4.41. The van der Waals surface area contributed by atoms with E-state index in [0.717, 1.165) is 22.4 Å². The van der Waals surface area contributed by atoms with Crippen molar-refractivity contribution in [3.05, 3.63) is 53.1 Å². The van der Waals surface area contributed by atoms with E-state index >= 15 is 0 Å². The summed E-state index contributed by atoms with van der Waals surface area (Å²) in [6, 6.07) is 10.3. The first-order valence-electron chi connectivity index (χ1n) is 11.7. The van der Waals surface area contributed by atoms with Crippen LogP contribution in [0.5, 0.6) is 11.5 Å². The van der Waals surface area contributed by atoms with E-state index < -0.39 is 15.9 Å². The fourth-order valence-corrected chi connectivity index (χ4v) is 6.01. The molecule has 186 valence electrons. The molecule has 1 heterocycles. The summed E-state index contributed by atoms with van der Waals surface area (Å²) in [5.74, 6) is 1.21. The van der Waals surface area contributed by atoms with Gasteiger partial charge >= 0.3 is 0 Å². The minimum atomic E-state index is -3.68. The van der Waals surface area contributed by atoms with Gasteiger partial charge in [-0.2, -0.15) is 4.31 Å². The van der Waals surface area contributed by atoms with Crippen LogP contribution in [-0.2, 0) is 14.8 Å². The first-order chi connectivity index (χ1) is 16.1. The number of sulfonamides is 1. The number of hydrogen-bond donors (Lipinski definition) is 1. The lowest BCUT2D eigenvalue weighted by Gasteiger charge is -2.32. The van der Waals surface area contributed by atoms with Crippen molar-refractivity contribution in [3.8, 4) is 11.5 Å². The smallest absolute Gasteiger partial charge is 0.243 e. The zero-order valence-corrected chi connectivity index (χ0v) is 21.7. The lowest BCUT2D eigenvalue weighted by Crippen LogP contribution is -2.45. The number of amides is 1. The number of ether oxygens (including phenoxy) is 2. The lowest BCUT2D eigenvalue weighted by atomic mass is 9.92. The van der Waals surface area contributed by atoms with Crippen LogP contribution in [0.15, 0.2) is 41.3 Å². The van der Waals surface area contributed by atoms with Gasteiger partial charge < -0.3 is 14.8 Å². The van der Waals surface area contributed by atoms with Crippen molar-refractivity contribution >= 4 is 15.9 Å². The average molecular weight is 489 g/mol. The summed E-state index contributed by atoms with van der Waals surface area (Å²) in [6.07, 6.45) is 1.30. The standard InChI is InChI=1S/C26H36N2O5S/c1-17(2)23-15-24(18(3)14-25(23)33-6)19(4)27-26(29)20-8-7-13-28(16-20)34(30,31)22-11-9-21(32-5)10-12-22/h9-12,14-15,17,19-20H,7-8,13,16H2,1-6H3,(H,27,29)/t19-,20-/m0/s1. The molecule has 1 amide bonds. The van der Waals surface area contributed by atoms with Crippen molar-refractivity contribution in [1.82, 2.24) is 9.62 Å². The Kier molecular flexibility index (Phi) is 8.25. The molecule has 1 saturated heterocycles. The van der Waals surface area contributed by atoms with Crippen LogP contribution < -0.4 is 14.8 Å². The number of nitrogens with one attached hydrogen (secondary N) is 1. The van der Waals surface area contributed by atoms with Gasteiger partial charge in [0.15, 0.2) is 0 Å². The number of carbonyl (C=O) groups excluding carboxylic acids is 1. The van der Waals surface area contributed by atoms with Gasteiger partial charge in [-0.25, -0.2) is 8.42 Å². The summed E-state index contributed by atoms with van der Waals surface area (Å²) in [4.78, 5) is 13.4. The second-order valence-electron chi connectivity index (χ2n) is 9.21. The van der Waals surface area contributed by atoms with E-state index in [4.69, 9.17) is 9.47 Å². The van der Waals surface area contributed by atoms with Crippen molar-refractivity contribution < 1.29 is 22.7 Å². The largest absolute Gasteiger partial charge is 0.497 e. The molecule has 3 rings (SSSR count). The number of piperidine rings is 1. The molecule has 0 bridgehead atoms. The van der Waals surface area contributed by atoms with Gasteiger partial charge in [-0.05, 0) is 85.7 Å². The molecule has 0 spiro atoms. The highest BCUT2D eigenvalue weighted by Gasteiger charge is 2.34. The predicted molar refractivity (Wildman–Crippen MR) is 133 cm³/mol. The van der Waals surface area contributed by atoms with E-state index in [2.05, 4.69) is 25.2 Å². The minimum absolute atomic E-state index is 0.122. The van der Waals surface area contributed by atoms with Crippen LogP contribution in [0.25, 0.3) is 0 Å². The molecule has 1 aliphatic heterocycles. The van der Waals surface area contributed by atoms with Crippen molar-refractivity contribution in [2.75, 3.05) is 27.3 Å². The van der Waals surface area contributed by atoms with Crippen LogP contribution >= 0.6 is 0 Å². The molecule has 0 unspecified atom stereocenters. The SMILES string of the molecule is COc1ccc(S(=O)(=O)N2CCC[C@H](C(=O)N[C@@H](C)c3cc(C(C)C)c(OC)cc3C)C2)cc1. The van der Waals surface area contributed by atoms with Crippen LogP contribution in [0, 0.1) is 12.8 Å². The van der Waals surface area contributed by atoms with Gasteiger partial charge in [-0.15, -0.1) is 0 Å². The lowest BCUT2D eigenvalue weighted by molar-refractivity contribution is -0.126. The van der Waals surface area contributed by atoms with E-state index in [0.29, 0.717) is 25.1 Å². The maximum absolute atomic E-state index is 13.2. The molecule has 0 aliphatic carbocycles. The summed E-state index contributed by atoms with van der Waals surface area (Å²) >= 11 is 0. The van der Waals surface area contributed by atoms with Gasteiger partial charge in [0.1, 0.15) is 11.5 Å². The summed E-state index contributed by atoms with van der Waals surface area (Å²) < 4.78 is 38.4. The van der Waals surface area contributed by atoms with Crippen LogP contribution in [0.3, 0.4) is 0 Å². The summed E-state index contributed by atoms with van der Waals surface area (Å²) in [5.41, 5.74) is 3.18. The molecule has 0 aromatic heterocycles. The Labute approximate surface area is 203 Å². The zero-order chi connectivity index (χ0) is 25.0. The molecule has 1 aliphatic rings. The monoisotopic (exact) mass is 488 g/mol. The molecule has 2 aromatic carbocycles. The van der Waals surface area contributed by atoms with Crippen molar-refractivity contribution in [1.29, 1.82) is 0 Å². The Bertz CT molecular complexity index is 1110. The van der Waals surface area contributed by atoms with Gasteiger partial charge in [-0.3, -0.25) is 4.79 Å². The Morgan fingerprint density at radius 3 is 2.32 bits per heavy atom. The molecule has 1 fully saturated rings. The first-order valence-corrected chi connectivity index (χ1v) is 13.2. The highest BCUT2D eigenvalue weighted by molar-refractivity contribution is 7.89. The molecule has 0 radical (unpaired) electrons. The van der Waals surface area contributed by atoms with Crippen molar-refractivity contribution in [3.63, 3.8) is 0 Å². The van der Waals surface area contributed by atoms with Crippen LogP contribution in [-0.4, -0.2) is 45.9 Å². The maximum atomic E-state index is 13.2. The van der Waals surface area contributed by atoms with Crippen LogP contribution in [0.4, 0.5) is 0 Å². The van der Waals surface area contributed by atoms with Crippen LogP contribution in [0.1, 0.15) is 62.3 Å². The molecule has 34 heavy (non-hydrogen) atoms. The number of rotatable bonds is 8. The van der Waals surface area contributed by atoms with E-state index in [9.17, 15) is 13.2 Å². The number of aryl methyl sites for hydroxylation is 1. The topological polar surface area (TPSA) is 84.9 Å². The fraction of sp³-hybridized carbons (Fsp3) is 0.500. The van der Waals surface area contributed by atoms with Crippen molar-refractivity contribution in [2.45, 2.75) is 57.4 Å². The molecular weight excluding hydrogens is 452 g/mol. The highest BCUT2D eigenvalue weighted by atomic mass is 32.2. The van der Waals surface area contributed by atoms with Gasteiger partial charge in [0, 0.05) is 13.1 Å². The van der Waals surface area contributed by atoms with Gasteiger partial charge in [0.05, 0.1) is 31.1 Å². The third-order valence-electron chi connectivity index (χ3n) is 6.52. The van der Waals surface area contributed by atoms with E-state index in [1.54, 1.807) is 31.4 Å². The number of benzene rings is 2. The third-order valence-corrected chi connectivity index (χ3v) is 8.40. The van der Waals surface area contributed by atoms with E-state index in [-0.39, 0.29) is 29.3 Å². The fourth-order valence-electron chi connectivity index (χ4n) is 4.49. The quantitative estimate of drug-likeness (QED) is 0.595. The summed E-state index contributed by atoms with van der Waals surface area (Å²) in [7, 11) is -0.476. The van der Waals surface area contributed by atoms with Gasteiger partial charge in [0.25, 0.3) is 0 Å². The van der Waals surface area contributed by atoms with Crippen LogP contribution in [0.2, 0.25) is 0 Å².